The van der Waals surface area contributed by atoms with E-state index in [1.165, 1.54) is 30.9 Å². The molecule has 0 spiro atoms. The standard InChI is InChI=1S/C35H48F2N4O7/c1-18(2)28(42)27-19(3)26(16-41(27)32(43)30(34(4,5)6)40-33(44)45)48-31-29(38-24-11-10-22(46-7)15-25(24)39-31)35(36,37)17-47-13-12-20-8-9-21-14-23(20)21/h10-11,15,18-21,23,26-27,30,40H,8-9,12-14,16-17H2,1-7H3,(H,44,45). The third kappa shape index (κ3) is 7.50. The summed E-state index contributed by atoms with van der Waals surface area (Å²) in [6.07, 6.45) is 1.99. The van der Waals surface area contributed by atoms with Gasteiger partial charge in [-0.15, -0.1) is 0 Å². The first-order chi connectivity index (χ1) is 22.5. The van der Waals surface area contributed by atoms with Crippen LogP contribution in [0.4, 0.5) is 13.6 Å². The summed E-state index contributed by atoms with van der Waals surface area (Å²) in [7, 11) is 1.47. The SMILES string of the molecule is COc1ccc2nc(C(F)(F)COCCC3CCC4CC34)c(OC3CN(C(=O)C(NC(=O)O)C(C)(C)C)C(C(=O)C(C)C)C3C)nc2c1. The number of rotatable bonds is 13. The molecule has 13 heteroatoms. The fourth-order valence-corrected chi connectivity index (χ4v) is 7.32. The van der Waals surface area contributed by atoms with Crippen LogP contribution in [0.3, 0.4) is 0 Å². The molecule has 11 nitrogen and oxygen atoms in total. The molecule has 2 aromatic rings. The molecule has 2 heterocycles. The number of carboxylic acid groups (broad SMARTS) is 1. The van der Waals surface area contributed by atoms with Crippen LogP contribution in [0.2, 0.25) is 0 Å². The number of methoxy groups -OCH3 is 1. The average Bonchev–Trinajstić information content (AvgIpc) is 3.58. The number of benzene rings is 1. The first-order valence-corrected chi connectivity index (χ1v) is 16.8. The summed E-state index contributed by atoms with van der Waals surface area (Å²) in [4.78, 5) is 49.2. The molecule has 2 N–H and O–H groups in total. The van der Waals surface area contributed by atoms with E-state index in [4.69, 9.17) is 14.2 Å². The first-order valence-electron chi connectivity index (χ1n) is 16.8. The minimum absolute atomic E-state index is 0.153. The van der Waals surface area contributed by atoms with Gasteiger partial charge in [-0.2, -0.15) is 8.78 Å². The highest BCUT2D eigenvalue weighted by Gasteiger charge is 2.51. The third-order valence-corrected chi connectivity index (χ3v) is 10.2. The monoisotopic (exact) mass is 674 g/mol. The van der Waals surface area contributed by atoms with Gasteiger partial charge in [0.05, 0.1) is 30.7 Å². The lowest BCUT2D eigenvalue weighted by Crippen LogP contribution is -2.57. The maximum absolute atomic E-state index is 16.0. The molecule has 264 valence electrons. The van der Waals surface area contributed by atoms with Crippen LogP contribution < -0.4 is 14.8 Å². The van der Waals surface area contributed by atoms with Crippen LogP contribution in [0.1, 0.15) is 72.9 Å². The number of aromatic nitrogens is 2. The Hall–Kier alpha value is -3.61. The predicted octanol–water partition coefficient (Wildman–Crippen LogP) is 5.68. The lowest BCUT2D eigenvalue weighted by atomic mass is 9.85. The zero-order chi connectivity index (χ0) is 35.1. The number of Topliss-reactive ketones (excluding diaryl/α,β-unsaturated/α-hetero) is 1. The molecule has 7 unspecified atom stereocenters. The molecule has 0 bridgehead atoms. The van der Waals surface area contributed by atoms with Gasteiger partial charge in [0.15, 0.2) is 11.5 Å². The van der Waals surface area contributed by atoms with Crippen LogP contribution in [0, 0.1) is 35.0 Å². The van der Waals surface area contributed by atoms with Gasteiger partial charge in [-0.05, 0) is 61.0 Å². The predicted molar refractivity (Wildman–Crippen MR) is 173 cm³/mol. The second-order valence-corrected chi connectivity index (χ2v) is 15.0. The Balaban J connectivity index is 1.44. The number of nitrogens with one attached hydrogen (secondary N) is 1. The van der Waals surface area contributed by atoms with E-state index in [0.29, 0.717) is 17.6 Å². The second-order valence-electron chi connectivity index (χ2n) is 15.0. The topological polar surface area (TPSA) is 140 Å². The van der Waals surface area contributed by atoms with Gasteiger partial charge < -0.3 is 29.5 Å². The molecule has 1 aliphatic heterocycles. The largest absolute Gasteiger partial charge is 0.497 e. The Morgan fingerprint density at radius 2 is 1.85 bits per heavy atom. The molecule has 1 saturated heterocycles. The highest BCUT2D eigenvalue weighted by Crippen LogP contribution is 2.56. The van der Waals surface area contributed by atoms with Crippen molar-refractivity contribution in [1.29, 1.82) is 0 Å². The maximum Gasteiger partial charge on any atom is 0.405 e. The fraction of sp³-hybridized carbons (Fsp3) is 0.686. The van der Waals surface area contributed by atoms with Crippen molar-refractivity contribution in [2.24, 2.45) is 35.0 Å². The van der Waals surface area contributed by atoms with Crippen LogP contribution in [0.5, 0.6) is 11.6 Å². The number of carbonyl (C=O) groups excluding carboxylic acids is 2. The Kier molecular flexibility index (Phi) is 10.2. The van der Waals surface area contributed by atoms with E-state index in [9.17, 15) is 19.5 Å². The molecule has 48 heavy (non-hydrogen) atoms. The molecule has 2 amide bonds. The van der Waals surface area contributed by atoms with Gasteiger partial charge in [0.25, 0.3) is 0 Å². The molecular weight excluding hydrogens is 626 g/mol. The van der Waals surface area contributed by atoms with Crippen molar-refractivity contribution in [2.45, 2.75) is 91.3 Å². The second kappa shape index (κ2) is 13.7. The van der Waals surface area contributed by atoms with Crippen molar-refractivity contribution in [3.05, 3.63) is 23.9 Å². The summed E-state index contributed by atoms with van der Waals surface area (Å²) in [6, 6.07) is 2.54. The van der Waals surface area contributed by atoms with Crippen molar-refractivity contribution in [3.8, 4) is 11.6 Å². The van der Waals surface area contributed by atoms with E-state index in [0.717, 1.165) is 18.8 Å². The quantitative estimate of drug-likeness (QED) is 0.257. The molecule has 2 aliphatic carbocycles. The van der Waals surface area contributed by atoms with E-state index in [1.54, 1.807) is 53.7 Å². The molecule has 5 rings (SSSR count). The van der Waals surface area contributed by atoms with Crippen LogP contribution in [0.15, 0.2) is 18.2 Å². The van der Waals surface area contributed by atoms with Crippen LogP contribution in [-0.2, 0) is 20.2 Å². The Morgan fingerprint density at radius 1 is 1.12 bits per heavy atom. The van der Waals surface area contributed by atoms with Crippen molar-refractivity contribution < 1.29 is 42.5 Å². The highest BCUT2D eigenvalue weighted by molar-refractivity contribution is 5.94. The van der Waals surface area contributed by atoms with Crippen LogP contribution >= 0.6 is 0 Å². The maximum atomic E-state index is 16.0. The van der Waals surface area contributed by atoms with Gasteiger partial charge >= 0.3 is 12.0 Å². The smallest absolute Gasteiger partial charge is 0.405 e. The number of ether oxygens (including phenoxy) is 3. The van der Waals surface area contributed by atoms with E-state index in [2.05, 4.69) is 15.3 Å². The minimum Gasteiger partial charge on any atom is -0.497 e. The number of likely N-dealkylation sites (tertiary alicyclic amines) is 1. The van der Waals surface area contributed by atoms with E-state index in [1.807, 2.05) is 0 Å². The summed E-state index contributed by atoms with van der Waals surface area (Å²) in [6.45, 7) is 9.42. The molecular formula is C35H48F2N4O7. The number of hydrogen-bond acceptors (Lipinski definition) is 8. The Morgan fingerprint density at radius 3 is 2.44 bits per heavy atom. The summed E-state index contributed by atoms with van der Waals surface area (Å²) in [5.74, 6) is -3.48. The van der Waals surface area contributed by atoms with E-state index < -0.39 is 71.5 Å². The number of hydrogen-bond donors (Lipinski definition) is 2. The lowest BCUT2D eigenvalue weighted by Gasteiger charge is -2.35. The molecule has 0 radical (unpaired) electrons. The van der Waals surface area contributed by atoms with E-state index >= 15 is 8.78 Å². The van der Waals surface area contributed by atoms with Gasteiger partial charge in [0.2, 0.25) is 11.8 Å². The zero-order valence-electron chi connectivity index (χ0n) is 28.8. The summed E-state index contributed by atoms with van der Waals surface area (Å²) < 4.78 is 49.1. The van der Waals surface area contributed by atoms with Gasteiger partial charge in [-0.25, -0.2) is 14.8 Å². The van der Waals surface area contributed by atoms with Gasteiger partial charge in [-0.3, -0.25) is 9.59 Å². The van der Waals surface area contributed by atoms with Gasteiger partial charge in [0, 0.05) is 24.5 Å². The number of alkyl halides is 2. The minimum atomic E-state index is -3.57. The number of fused-ring (bicyclic) bond motifs is 2. The third-order valence-electron chi connectivity index (χ3n) is 10.2. The molecule has 7 atom stereocenters. The number of carbonyl (C=O) groups is 3. The number of nitrogens with zero attached hydrogens (tertiary/aromatic N) is 3. The molecule has 1 aromatic heterocycles. The number of amides is 2. The van der Waals surface area contributed by atoms with Crippen molar-refractivity contribution >= 4 is 28.8 Å². The molecule has 3 fully saturated rings. The number of ketones is 1. The summed E-state index contributed by atoms with van der Waals surface area (Å²) in [5.41, 5.74) is -1.07. The van der Waals surface area contributed by atoms with Crippen LogP contribution in [-0.4, -0.2) is 82.8 Å². The van der Waals surface area contributed by atoms with Crippen molar-refractivity contribution in [3.63, 3.8) is 0 Å². The van der Waals surface area contributed by atoms with E-state index in [-0.39, 0.29) is 30.0 Å². The summed E-state index contributed by atoms with van der Waals surface area (Å²) in [5, 5.41) is 11.8. The normalized spacial score (nSPS) is 26.0. The Bertz CT molecular complexity index is 1530. The molecule has 2 saturated carbocycles. The summed E-state index contributed by atoms with van der Waals surface area (Å²) >= 11 is 0. The lowest BCUT2D eigenvalue weighted by molar-refractivity contribution is -0.143. The number of halogens is 2. The van der Waals surface area contributed by atoms with Gasteiger partial charge in [0.1, 0.15) is 24.5 Å². The van der Waals surface area contributed by atoms with Gasteiger partial charge in [-0.1, -0.05) is 41.5 Å². The Labute approximate surface area is 280 Å². The van der Waals surface area contributed by atoms with Crippen molar-refractivity contribution in [2.75, 3.05) is 26.9 Å². The fourth-order valence-electron chi connectivity index (χ4n) is 7.32. The highest BCUT2D eigenvalue weighted by atomic mass is 19.3. The average molecular weight is 675 g/mol. The van der Waals surface area contributed by atoms with Crippen LogP contribution in [0.25, 0.3) is 11.0 Å². The first kappa shape index (κ1) is 35.7. The molecule has 3 aliphatic rings. The van der Waals surface area contributed by atoms with Crippen molar-refractivity contribution in [1.82, 2.24) is 20.2 Å². The zero-order valence-corrected chi connectivity index (χ0v) is 28.8. The molecule has 1 aromatic carbocycles.